The van der Waals surface area contributed by atoms with Crippen LogP contribution in [0.5, 0.6) is 0 Å². The zero-order valence-electron chi connectivity index (χ0n) is 12.0. The molecule has 2 aromatic rings. The fraction of sp³-hybridized carbons (Fsp3) is 0.176. The quantitative estimate of drug-likeness (QED) is 0.422. The van der Waals surface area contributed by atoms with Crippen LogP contribution in [0, 0.1) is 0 Å². The van der Waals surface area contributed by atoms with Gasteiger partial charge in [0.15, 0.2) is 13.2 Å². The summed E-state index contributed by atoms with van der Waals surface area (Å²) in [7, 11) is 0. The first-order valence-electron chi connectivity index (χ1n) is 7.08. The summed E-state index contributed by atoms with van der Waals surface area (Å²) in [5.41, 5.74) is 1.95. The van der Waals surface area contributed by atoms with Crippen LogP contribution in [0.15, 0.2) is 48.5 Å². The van der Waals surface area contributed by atoms with Gasteiger partial charge in [-0.15, -0.1) is 0 Å². The van der Waals surface area contributed by atoms with Gasteiger partial charge in [0, 0.05) is 0 Å². The molecule has 1 saturated heterocycles. The van der Waals surface area contributed by atoms with E-state index >= 15 is 0 Å². The summed E-state index contributed by atoms with van der Waals surface area (Å²) in [6.07, 6.45) is 0. The second kappa shape index (κ2) is 5.19. The summed E-state index contributed by atoms with van der Waals surface area (Å²) in [6.45, 7) is -0.298. The molecule has 0 N–H and O–H groups in total. The van der Waals surface area contributed by atoms with Gasteiger partial charge >= 0.3 is 17.7 Å². The van der Waals surface area contributed by atoms with Crippen molar-refractivity contribution in [3.63, 3.8) is 0 Å². The van der Waals surface area contributed by atoms with Gasteiger partial charge in [-0.25, -0.2) is 9.59 Å². The Balaban J connectivity index is 1.87. The molecule has 6 nitrogen and oxygen atoms in total. The van der Waals surface area contributed by atoms with Crippen LogP contribution >= 0.6 is 0 Å². The van der Waals surface area contributed by atoms with Gasteiger partial charge in [0.25, 0.3) is 0 Å². The Morgan fingerprint density at radius 3 is 1.43 bits per heavy atom. The monoisotopic (exact) mass is 312 g/mol. The Kier molecular flexibility index (Phi) is 3.14. The molecule has 1 spiro atoms. The van der Waals surface area contributed by atoms with Crippen molar-refractivity contribution < 1.29 is 28.8 Å². The van der Waals surface area contributed by atoms with Crippen molar-refractivity contribution in [2.45, 2.75) is 5.79 Å². The van der Waals surface area contributed by atoms with E-state index in [0.717, 1.165) is 0 Å². The second-order valence-electron chi connectivity index (χ2n) is 5.32. The van der Waals surface area contributed by atoms with Crippen LogP contribution in [0.3, 0.4) is 0 Å². The number of carbonyl (C=O) groups is 2. The number of cyclic esters (lactones) is 2. The highest BCUT2D eigenvalue weighted by Crippen LogP contribution is 2.34. The van der Waals surface area contributed by atoms with Gasteiger partial charge in [-0.05, 0) is 23.3 Å². The normalized spacial score (nSPS) is 19.0. The van der Waals surface area contributed by atoms with Crippen LogP contribution in [0.4, 0.5) is 0 Å². The molecule has 4 rings (SSSR count). The first-order valence-corrected chi connectivity index (χ1v) is 7.08. The van der Waals surface area contributed by atoms with Crippen molar-refractivity contribution >= 4 is 11.9 Å². The molecular formula is C17H12O6. The summed E-state index contributed by atoms with van der Waals surface area (Å²) in [4.78, 5) is 34.4. The van der Waals surface area contributed by atoms with Gasteiger partial charge in [-0.3, -0.25) is 0 Å². The van der Waals surface area contributed by atoms with Crippen molar-refractivity contribution in [2.24, 2.45) is 0 Å². The molecule has 0 amide bonds. The number of benzene rings is 2. The van der Waals surface area contributed by atoms with Crippen molar-refractivity contribution in [2.75, 3.05) is 13.2 Å². The van der Waals surface area contributed by atoms with Gasteiger partial charge < -0.3 is 9.47 Å². The molecule has 0 radical (unpaired) electrons. The summed E-state index contributed by atoms with van der Waals surface area (Å²) in [6, 6.07) is 13.9. The maximum absolute atomic E-state index is 12.4. The second-order valence-corrected chi connectivity index (χ2v) is 5.32. The van der Waals surface area contributed by atoms with E-state index in [1.807, 2.05) is 0 Å². The Hall–Kier alpha value is -2.70. The van der Waals surface area contributed by atoms with Crippen LogP contribution in [-0.2, 0) is 19.2 Å². The molecule has 6 heteroatoms. The molecule has 2 aliphatic rings. The number of hydrogen-bond acceptors (Lipinski definition) is 6. The fourth-order valence-corrected chi connectivity index (χ4v) is 2.50. The number of rotatable bonds is 0. The zero-order chi connectivity index (χ0) is 15.9. The number of hydrogen-bond donors (Lipinski definition) is 0. The molecule has 1 fully saturated rings. The van der Waals surface area contributed by atoms with Gasteiger partial charge in [-0.1, -0.05) is 36.4 Å². The standard InChI is InChI=1S/C17H12O6/c18-15-13-7-3-1-5-11(13)12-6-2-4-8-14(12)16(19)21-10-17(9-20-15)22-23-17/h1-8H,9-10H2. The van der Waals surface area contributed by atoms with E-state index < -0.39 is 17.7 Å². The number of ether oxygens (including phenoxy) is 2. The topological polar surface area (TPSA) is 77.7 Å². The van der Waals surface area contributed by atoms with Crippen LogP contribution < -0.4 is 0 Å². The van der Waals surface area contributed by atoms with E-state index in [1.165, 1.54) is 0 Å². The van der Waals surface area contributed by atoms with Crippen LogP contribution in [-0.4, -0.2) is 30.9 Å². The van der Waals surface area contributed by atoms with E-state index in [1.54, 1.807) is 48.5 Å². The summed E-state index contributed by atoms with van der Waals surface area (Å²) in [5, 5.41) is 0. The molecule has 2 heterocycles. The van der Waals surface area contributed by atoms with Crippen molar-refractivity contribution in [3.8, 4) is 11.1 Å². The Morgan fingerprint density at radius 2 is 1.04 bits per heavy atom. The Labute approximate surface area is 131 Å². The minimum atomic E-state index is -1.19. The van der Waals surface area contributed by atoms with E-state index in [4.69, 9.17) is 19.2 Å². The number of carbonyl (C=O) groups excluding carboxylic acids is 2. The Morgan fingerprint density at radius 1 is 0.652 bits per heavy atom. The fourth-order valence-electron chi connectivity index (χ4n) is 2.50. The summed E-state index contributed by atoms with van der Waals surface area (Å²) < 4.78 is 10.5. The Bertz CT molecular complexity index is 730. The maximum Gasteiger partial charge on any atom is 0.338 e. The van der Waals surface area contributed by atoms with E-state index in [9.17, 15) is 9.59 Å². The molecule has 23 heavy (non-hydrogen) atoms. The highest BCUT2D eigenvalue weighted by molar-refractivity contribution is 6.03. The van der Waals surface area contributed by atoms with E-state index in [2.05, 4.69) is 0 Å². The lowest BCUT2D eigenvalue weighted by molar-refractivity contribution is 0.0160. The maximum atomic E-state index is 12.4. The first-order chi connectivity index (χ1) is 11.2. The lowest BCUT2D eigenvalue weighted by atomic mass is 9.95. The van der Waals surface area contributed by atoms with Gasteiger partial charge in [-0.2, -0.15) is 9.78 Å². The van der Waals surface area contributed by atoms with Crippen molar-refractivity contribution in [1.29, 1.82) is 0 Å². The zero-order valence-corrected chi connectivity index (χ0v) is 12.0. The van der Waals surface area contributed by atoms with Crippen LogP contribution in [0.1, 0.15) is 20.7 Å². The minimum Gasteiger partial charge on any atom is -0.456 e. The molecule has 2 aromatic carbocycles. The molecule has 0 atom stereocenters. The lowest BCUT2D eigenvalue weighted by Gasteiger charge is -2.11. The average molecular weight is 312 g/mol. The molecule has 116 valence electrons. The largest absolute Gasteiger partial charge is 0.456 e. The molecule has 0 aliphatic carbocycles. The predicted molar refractivity (Wildman–Crippen MR) is 77.3 cm³/mol. The highest BCUT2D eigenvalue weighted by atomic mass is 17.4. The van der Waals surface area contributed by atoms with Gasteiger partial charge in [0.05, 0.1) is 11.1 Å². The first kappa shape index (κ1) is 13.9. The van der Waals surface area contributed by atoms with Gasteiger partial charge in [0.2, 0.25) is 0 Å². The predicted octanol–water partition coefficient (Wildman–Crippen LogP) is 2.34. The summed E-state index contributed by atoms with van der Waals surface area (Å²) in [5.74, 6) is -2.22. The SMILES string of the molecule is O=C1OCC2(COC(=O)c3ccccc3-c3ccccc31)OO2. The van der Waals surface area contributed by atoms with Crippen LogP contribution in [0.2, 0.25) is 0 Å². The smallest absolute Gasteiger partial charge is 0.338 e. The third kappa shape index (κ3) is 2.48. The lowest BCUT2D eigenvalue weighted by Crippen LogP contribution is -2.28. The third-order valence-electron chi connectivity index (χ3n) is 3.75. The third-order valence-corrected chi connectivity index (χ3v) is 3.75. The van der Waals surface area contributed by atoms with Crippen molar-refractivity contribution in [1.82, 2.24) is 0 Å². The highest BCUT2D eigenvalue weighted by Gasteiger charge is 2.52. The molecular weight excluding hydrogens is 300 g/mol. The number of fused-ring (bicyclic) bond motifs is 3. The molecule has 0 bridgehead atoms. The van der Waals surface area contributed by atoms with E-state index in [-0.39, 0.29) is 13.2 Å². The van der Waals surface area contributed by atoms with Gasteiger partial charge in [0.1, 0.15) is 0 Å². The minimum absolute atomic E-state index is 0.149. The molecule has 0 saturated carbocycles. The molecule has 0 aromatic heterocycles. The van der Waals surface area contributed by atoms with Crippen LogP contribution in [0.25, 0.3) is 11.1 Å². The number of esters is 2. The summed E-state index contributed by atoms with van der Waals surface area (Å²) >= 11 is 0. The average Bonchev–Trinajstić information content (AvgIpc) is 3.37. The molecule has 2 aliphatic heterocycles. The van der Waals surface area contributed by atoms with E-state index in [0.29, 0.717) is 22.3 Å². The van der Waals surface area contributed by atoms with Crippen molar-refractivity contribution in [3.05, 3.63) is 59.7 Å². The molecule has 0 unspecified atom stereocenters.